The lowest BCUT2D eigenvalue weighted by Crippen LogP contribution is -2.17. The van der Waals surface area contributed by atoms with Gasteiger partial charge in [0.05, 0.1) is 17.1 Å². The first-order valence-corrected chi connectivity index (χ1v) is 14.4. The summed E-state index contributed by atoms with van der Waals surface area (Å²) in [7, 11) is 0. The molecule has 0 aliphatic heterocycles. The average molecular weight is 532 g/mol. The SMILES string of the molecule is CC1(C)c2ccccc2-c2nc(-c3cccc(-c4ccccn4)c3)nc(-c3cccc4c3sc3ccccc34)c21. The Balaban J connectivity index is 1.44. The smallest absolute Gasteiger partial charge is 0.160 e. The summed E-state index contributed by atoms with van der Waals surface area (Å²) < 4.78 is 2.56. The summed E-state index contributed by atoms with van der Waals surface area (Å²) in [5.74, 6) is 0.733. The summed E-state index contributed by atoms with van der Waals surface area (Å²) in [5, 5.41) is 2.57. The summed E-state index contributed by atoms with van der Waals surface area (Å²) in [4.78, 5) is 15.2. The molecular formula is C36H25N3S. The maximum atomic E-state index is 5.39. The Hall–Kier alpha value is -4.67. The van der Waals surface area contributed by atoms with Gasteiger partial charge in [-0.25, -0.2) is 9.97 Å². The molecule has 3 nitrogen and oxygen atoms in total. The molecule has 0 radical (unpaired) electrons. The molecule has 40 heavy (non-hydrogen) atoms. The number of fused-ring (bicyclic) bond motifs is 6. The van der Waals surface area contributed by atoms with Crippen LogP contribution in [0.4, 0.5) is 0 Å². The van der Waals surface area contributed by atoms with E-state index in [0.29, 0.717) is 0 Å². The van der Waals surface area contributed by atoms with Crippen LogP contribution in [0.1, 0.15) is 25.0 Å². The van der Waals surface area contributed by atoms with Gasteiger partial charge in [0.1, 0.15) is 0 Å². The molecule has 190 valence electrons. The van der Waals surface area contributed by atoms with Gasteiger partial charge in [0.15, 0.2) is 5.82 Å². The monoisotopic (exact) mass is 531 g/mol. The summed E-state index contributed by atoms with van der Waals surface area (Å²) in [5.41, 5.74) is 9.64. The van der Waals surface area contributed by atoms with Crippen LogP contribution in [-0.2, 0) is 5.41 Å². The van der Waals surface area contributed by atoms with Crippen LogP contribution >= 0.6 is 11.3 Å². The molecule has 0 spiro atoms. The van der Waals surface area contributed by atoms with E-state index in [2.05, 4.69) is 110 Å². The Labute approximate surface area is 236 Å². The Morgan fingerprint density at radius 1 is 0.625 bits per heavy atom. The van der Waals surface area contributed by atoms with Crippen LogP contribution in [0.5, 0.6) is 0 Å². The number of nitrogens with zero attached hydrogens (tertiary/aromatic N) is 3. The van der Waals surface area contributed by atoms with Crippen LogP contribution in [0.25, 0.3) is 65.3 Å². The zero-order valence-electron chi connectivity index (χ0n) is 22.2. The zero-order valence-corrected chi connectivity index (χ0v) is 23.0. The van der Waals surface area contributed by atoms with Crippen molar-refractivity contribution in [2.75, 3.05) is 0 Å². The summed E-state index contributed by atoms with van der Waals surface area (Å²) >= 11 is 1.85. The van der Waals surface area contributed by atoms with E-state index in [-0.39, 0.29) is 5.41 Å². The molecule has 0 bridgehead atoms. The van der Waals surface area contributed by atoms with Gasteiger partial charge in [0, 0.05) is 59.6 Å². The van der Waals surface area contributed by atoms with Crippen LogP contribution < -0.4 is 0 Å². The largest absolute Gasteiger partial charge is 0.256 e. The zero-order chi connectivity index (χ0) is 26.8. The van der Waals surface area contributed by atoms with Gasteiger partial charge in [0.2, 0.25) is 0 Å². The molecule has 8 rings (SSSR count). The molecule has 0 amide bonds. The van der Waals surface area contributed by atoms with E-state index in [1.807, 2.05) is 35.7 Å². The normalized spacial score (nSPS) is 13.4. The molecule has 0 unspecified atom stereocenters. The first kappa shape index (κ1) is 23.2. The molecule has 1 aliphatic carbocycles. The standard InChI is InChI=1S/C36H25N3S/c1-36(2)28-17-5-3-14-26(28)32-31(36)33(27-16-10-15-25-24-13-4-6-19-30(24)40-34(25)27)39-35(38-32)23-12-9-11-22(21-23)29-18-7-8-20-37-29/h3-21H,1-2H3. The maximum Gasteiger partial charge on any atom is 0.160 e. The number of pyridine rings is 1. The van der Waals surface area contributed by atoms with E-state index >= 15 is 0 Å². The number of rotatable bonds is 3. The van der Waals surface area contributed by atoms with Crippen molar-refractivity contribution >= 4 is 31.5 Å². The van der Waals surface area contributed by atoms with Gasteiger partial charge in [-0.3, -0.25) is 4.98 Å². The quantitative estimate of drug-likeness (QED) is 0.228. The van der Waals surface area contributed by atoms with E-state index in [1.165, 1.54) is 42.4 Å². The van der Waals surface area contributed by atoms with Crippen LogP contribution in [0.15, 0.2) is 115 Å². The van der Waals surface area contributed by atoms with E-state index in [4.69, 9.17) is 9.97 Å². The number of hydrogen-bond acceptors (Lipinski definition) is 4. The molecule has 0 atom stereocenters. The lowest BCUT2D eigenvalue weighted by molar-refractivity contribution is 0.658. The second-order valence-electron chi connectivity index (χ2n) is 10.9. The molecule has 0 fully saturated rings. The molecular weight excluding hydrogens is 506 g/mol. The molecule has 1 aliphatic rings. The first-order valence-electron chi connectivity index (χ1n) is 13.5. The highest BCUT2D eigenvalue weighted by Gasteiger charge is 2.40. The Morgan fingerprint density at radius 2 is 1.32 bits per heavy atom. The van der Waals surface area contributed by atoms with Crippen molar-refractivity contribution in [3.8, 4) is 45.2 Å². The van der Waals surface area contributed by atoms with Crippen molar-refractivity contribution in [2.24, 2.45) is 0 Å². The van der Waals surface area contributed by atoms with E-state index in [9.17, 15) is 0 Å². The van der Waals surface area contributed by atoms with E-state index in [0.717, 1.165) is 34.0 Å². The van der Waals surface area contributed by atoms with Gasteiger partial charge in [-0.15, -0.1) is 11.3 Å². The first-order chi connectivity index (χ1) is 19.6. The van der Waals surface area contributed by atoms with Gasteiger partial charge in [-0.05, 0) is 29.8 Å². The van der Waals surface area contributed by atoms with Crippen LogP contribution in [0.3, 0.4) is 0 Å². The third-order valence-corrected chi connectivity index (χ3v) is 9.35. The Kier molecular flexibility index (Phi) is 5.04. The minimum absolute atomic E-state index is 0.228. The molecule has 3 aromatic heterocycles. The fourth-order valence-corrected chi connectivity index (χ4v) is 7.44. The van der Waals surface area contributed by atoms with Crippen molar-refractivity contribution in [3.63, 3.8) is 0 Å². The van der Waals surface area contributed by atoms with Gasteiger partial charge < -0.3 is 0 Å². The van der Waals surface area contributed by atoms with E-state index < -0.39 is 0 Å². The summed E-state index contributed by atoms with van der Waals surface area (Å²) in [6.07, 6.45) is 1.83. The molecule has 3 heterocycles. The fourth-order valence-electron chi connectivity index (χ4n) is 6.23. The second kappa shape index (κ2) is 8.67. The van der Waals surface area contributed by atoms with Crippen molar-refractivity contribution in [3.05, 3.63) is 127 Å². The summed E-state index contributed by atoms with van der Waals surface area (Å²) in [6.45, 7) is 4.61. The number of aromatic nitrogens is 3. The van der Waals surface area contributed by atoms with Crippen LogP contribution in [0.2, 0.25) is 0 Å². The number of hydrogen-bond donors (Lipinski definition) is 0. The lowest BCUT2D eigenvalue weighted by Gasteiger charge is -2.24. The maximum absolute atomic E-state index is 5.39. The molecule has 4 aromatic carbocycles. The third kappa shape index (κ3) is 3.39. The van der Waals surface area contributed by atoms with Gasteiger partial charge in [-0.1, -0.05) is 98.8 Å². The number of thiophene rings is 1. The average Bonchev–Trinajstić information content (AvgIpc) is 3.50. The van der Waals surface area contributed by atoms with Crippen LogP contribution in [0, 0.1) is 0 Å². The molecule has 7 aromatic rings. The highest BCUT2D eigenvalue weighted by Crippen LogP contribution is 2.52. The second-order valence-corrected chi connectivity index (χ2v) is 11.9. The van der Waals surface area contributed by atoms with Crippen LogP contribution in [-0.4, -0.2) is 15.0 Å². The van der Waals surface area contributed by atoms with Crippen molar-refractivity contribution in [2.45, 2.75) is 19.3 Å². The molecule has 0 N–H and O–H groups in total. The van der Waals surface area contributed by atoms with Gasteiger partial charge >= 0.3 is 0 Å². The topological polar surface area (TPSA) is 38.7 Å². The summed E-state index contributed by atoms with van der Waals surface area (Å²) in [6, 6.07) is 38.4. The van der Waals surface area contributed by atoms with Gasteiger partial charge in [-0.2, -0.15) is 0 Å². The minimum atomic E-state index is -0.228. The van der Waals surface area contributed by atoms with Crippen molar-refractivity contribution in [1.82, 2.24) is 15.0 Å². The van der Waals surface area contributed by atoms with Gasteiger partial charge in [0.25, 0.3) is 0 Å². The lowest BCUT2D eigenvalue weighted by atomic mass is 9.80. The Morgan fingerprint density at radius 3 is 2.20 bits per heavy atom. The predicted octanol–water partition coefficient (Wildman–Crippen LogP) is 9.55. The third-order valence-electron chi connectivity index (χ3n) is 8.13. The van der Waals surface area contributed by atoms with E-state index in [1.54, 1.807) is 0 Å². The highest BCUT2D eigenvalue weighted by atomic mass is 32.1. The molecule has 0 saturated heterocycles. The van der Waals surface area contributed by atoms with Crippen molar-refractivity contribution < 1.29 is 0 Å². The fraction of sp³-hybridized carbons (Fsp3) is 0.0833. The molecule has 0 saturated carbocycles. The predicted molar refractivity (Wildman–Crippen MR) is 167 cm³/mol. The van der Waals surface area contributed by atoms with Crippen molar-refractivity contribution in [1.29, 1.82) is 0 Å². The number of benzene rings is 4. The minimum Gasteiger partial charge on any atom is -0.256 e. The molecule has 4 heteroatoms. The Bertz CT molecular complexity index is 2090. The highest BCUT2D eigenvalue weighted by molar-refractivity contribution is 7.26.